The maximum absolute atomic E-state index is 12.2. The van der Waals surface area contributed by atoms with Gasteiger partial charge in [-0.2, -0.15) is 4.31 Å². The summed E-state index contributed by atoms with van der Waals surface area (Å²) >= 11 is 0. The van der Waals surface area contributed by atoms with Crippen molar-refractivity contribution >= 4 is 16.0 Å². The van der Waals surface area contributed by atoms with Gasteiger partial charge in [-0.1, -0.05) is 0 Å². The molecule has 100 valence electrons. The van der Waals surface area contributed by atoms with Gasteiger partial charge >= 0.3 is 5.97 Å². The molecule has 8 heteroatoms. The number of sulfonamides is 1. The van der Waals surface area contributed by atoms with Gasteiger partial charge in [0.25, 0.3) is 0 Å². The number of hydrogen-bond donors (Lipinski definition) is 2. The van der Waals surface area contributed by atoms with Crippen LogP contribution in [0.15, 0.2) is 6.33 Å². The average Bonchev–Trinajstić information content (AvgIpc) is 2.73. The first kappa shape index (κ1) is 13.0. The van der Waals surface area contributed by atoms with Gasteiger partial charge in [0, 0.05) is 6.42 Å². The van der Waals surface area contributed by atoms with E-state index in [9.17, 15) is 18.3 Å². The van der Waals surface area contributed by atoms with Crippen molar-refractivity contribution in [3.63, 3.8) is 0 Å². The summed E-state index contributed by atoms with van der Waals surface area (Å²) in [6.45, 7) is 3.11. The number of nitrogens with zero attached hydrogens (tertiary/aromatic N) is 2. The Bertz CT molecular complexity index is 563. The van der Waals surface area contributed by atoms with E-state index < -0.39 is 27.3 Å². The summed E-state index contributed by atoms with van der Waals surface area (Å²) in [6, 6.07) is -1.08. The molecule has 18 heavy (non-hydrogen) atoms. The summed E-state index contributed by atoms with van der Waals surface area (Å²) in [6.07, 6.45) is 1.55. The lowest BCUT2D eigenvalue weighted by Gasteiger charge is -2.32. The van der Waals surface area contributed by atoms with E-state index in [2.05, 4.69) is 9.97 Å². The molecule has 2 heterocycles. The molecule has 1 aromatic rings. The molecule has 2 rings (SSSR count). The Labute approximate surface area is 105 Å². The number of hydrogen-bond acceptors (Lipinski definition) is 4. The zero-order valence-electron chi connectivity index (χ0n) is 10.1. The number of aliphatic carboxylic acids is 1. The highest BCUT2D eigenvalue weighted by Crippen LogP contribution is 2.25. The Morgan fingerprint density at radius 3 is 2.83 bits per heavy atom. The third-order valence-corrected chi connectivity index (χ3v) is 5.29. The number of aromatic amines is 1. The van der Waals surface area contributed by atoms with Crippen molar-refractivity contribution in [3.8, 4) is 0 Å². The van der Waals surface area contributed by atoms with Crippen LogP contribution in [0, 0.1) is 0 Å². The van der Waals surface area contributed by atoms with Gasteiger partial charge in [-0.3, -0.25) is 4.79 Å². The molecule has 0 amide bonds. The second kappa shape index (κ2) is 4.36. The normalized spacial score (nSPS) is 20.9. The summed E-state index contributed by atoms with van der Waals surface area (Å²) in [4.78, 5) is 18.1. The summed E-state index contributed by atoms with van der Waals surface area (Å²) in [5.74, 6) is -1.15. The highest BCUT2D eigenvalue weighted by Gasteiger charge is 2.41. The van der Waals surface area contributed by atoms with Crippen LogP contribution < -0.4 is 0 Å². The molecule has 0 aliphatic carbocycles. The number of H-pyrrole nitrogens is 1. The minimum absolute atomic E-state index is 0.0345. The Kier molecular flexibility index (Phi) is 3.16. The minimum Gasteiger partial charge on any atom is -0.480 e. The molecule has 0 spiro atoms. The number of rotatable bonds is 3. The van der Waals surface area contributed by atoms with Crippen molar-refractivity contribution in [2.24, 2.45) is 0 Å². The Morgan fingerprint density at radius 1 is 1.61 bits per heavy atom. The highest BCUT2D eigenvalue weighted by molar-refractivity contribution is 7.89. The molecule has 1 aliphatic heterocycles. The number of imidazole rings is 1. The van der Waals surface area contributed by atoms with Crippen LogP contribution in [-0.4, -0.2) is 45.1 Å². The monoisotopic (exact) mass is 273 g/mol. The van der Waals surface area contributed by atoms with Crippen molar-refractivity contribution in [2.75, 3.05) is 0 Å². The molecular weight excluding hydrogens is 258 g/mol. The first-order valence-corrected chi connectivity index (χ1v) is 7.09. The van der Waals surface area contributed by atoms with E-state index in [1.54, 1.807) is 0 Å². The molecule has 0 saturated heterocycles. The van der Waals surface area contributed by atoms with Gasteiger partial charge in [-0.15, -0.1) is 0 Å². The quantitative estimate of drug-likeness (QED) is 0.804. The molecule has 7 nitrogen and oxygen atoms in total. The van der Waals surface area contributed by atoms with E-state index >= 15 is 0 Å². The predicted octanol–water partition coefficient (Wildman–Crippen LogP) is -0.0408. The lowest BCUT2D eigenvalue weighted by Crippen LogP contribution is -2.50. The molecule has 1 atom stereocenters. The largest absolute Gasteiger partial charge is 0.480 e. The smallest absolute Gasteiger partial charge is 0.322 e. The molecule has 1 aliphatic rings. The van der Waals surface area contributed by atoms with Gasteiger partial charge in [-0.05, 0) is 13.8 Å². The van der Waals surface area contributed by atoms with Crippen molar-refractivity contribution in [2.45, 2.75) is 38.1 Å². The number of fused-ring (bicyclic) bond motifs is 1. The SMILES string of the molecule is CC(C)S(=O)(=O)N1Cc2[nH]cnc2CC1C(=O)O. The maximum Gasteiger partial charge on any atom is 0.322 e. The number of aromatic nitrogens is 2. The molecule has 1 unspecified atom stereocenters. The number of carboxylic acids is 1. The van der Waals surface area contributed by atoms with Crippen LogP contribution in [-0.2, 0) is 27.8 Å². The number of carbonyl (C=O) groups is 1. The van der Waals surface area contributed by atoms with Crippen LogP contribution in [0.4, 0.5) is 0 Å². The third kappa shape index (κ3) is 2.01. The summed E-state index contributed by atoms with van der Waals surface area (Å²) in [5, 5.41) is 8.52. The first-order valence-electron chi connectivity index (χ1n) is 5.58. The zero-order valence-corrected chi connectivity index (χ0v) is 10.9. The van der Waals surface area contributed by atoms with Crippen molar-refractivity contribution in [1.82, 2.24) is 14.3 Å². The second-order valence-electron chi connectivity index (χ2n) is 4.52. The summed E-state index contributed by atoms with van der Waals surface area (Å²) in [5.41, 5.74) is 1.29. The van der Waals surface area contributed by atoms with Crippen LogP contribution in [0.25, 0.3) is 0 Å². The number of carboxylic acid groups (broad SMARTS) is 1. The predicted molar refractivity (Wildman–Crippen MR) is 63.3 cm³/mol. The van der Waals surface area contributed by atoms with Crippen molar-refractivity contribution in [1.29, 1.82) is 0 Å². The molecule has 0 fully saturated rings. The molecule has 1 aromatic heterocycles. The van der Waals surface area contributed by atoms with Crippen LogP contribution >= 0.6 is 0 Å². The molecule has 0 aromatic carbocycles. The third-order valence-electron chi connectivity index (χ3n) is 3.06. The van der Waals surface area contributed by atoms with Gasteiger partial charge in [0.05, 0.1) is 29.5 Å². The molecule has 2 N–H and O–H groups in total. The van der Waals surface area contributed by atoms with Gasteiger partial charge in [0.2, 0.25) is 10.0 Å². The zero-order chi connectivity index (χ0) is 13.5. The van der Waals surface area contributed by atoms with E-state index in [0.29, 0.717) is 11.4 Å². The van der Waals surface area contributed by atoms with Crippen LogP contribution in [0.1, 0.15) is 25.2 Å². The van der Waals surface area contributed by atoms with Gasteiger partial charge in [-0.25, -0.2) is 13.4 Å². The second-order valence-corrected chi connectivity index (χ2v) is 6.97. The Balaban J connectivity index is 2.43. The van der Waals surface area contributed by atoms with Crippen LogP contribution in [0.3, 0.4) is 0 Å². The van der Waals surface area contributed by atoms with E-state index in [1.165, 1.54) is 20.2 Å². The standard InChI is InChI=1S/C10H15N3O4S/c1-6(2)18(16,17)13-4-8-7(11-5-12-8)3-9(13)10(14)15/h5-6,9H,3-4H2,1-2H3,(H,11,12)(H,14,15). The topological polar surface area (TPSA) is 103 Å². The van der Waals surface area contributed by atoms with Crippen LogP contribution in [0.5, 0.6) is 0 Å². The lowest BCUT2D eigenvalue weighted by molar-refractivity contribution is -0.141. The Morgan fingerprint density at radius 2 is 2.28 bits per heavy atom. The lowest BCUT2D eigenvalue weighted by atomic mass is 10.1. The van der Waals surface area contributed by atoms with E-state index in [1.807, 2.05) is 0 Å². The van der Waals surface area contributed by atoms with Gasteiger partial charge < -0.3 is 10.1 Å². The van der Waals surface area contributed by atoms with E-state index in [-0.39, 0.29) is 13.0 Å². The fraction of sp³-hybridized carbons (Fsp3) is 0.600. The van der Waals surface area contributed by atoms with E-state index in [4.69, 9.17) is 0 Å². The molecule has 0 bridgehead atoms. The summed E-state index contributed by atoms with van der Waals surface area (Å²) < 4.78 is 25.4. The van der Waals surface area contributed by atoms with Crippen molar-refractivity contribution in [3.05, 3.63) is 17.7 Å². The van der Waals surface area contributed by atoms with Gasteiger partial charge in [0.15, 0.2) is 0 Å². The maximum atomic E-state index is 12.2. The molecular formula is C10H15N3O4S. The van der Waals surface area contributed by atoms with E-state index in [0.717, 1.165) is 4.31 Å². The Hall–Kier alpha value is -1.41. The van der Waals surface area contributed by atoms with Crippen LogP contribution in [0.2, 0.25) is 0 Å². The van der Waals surface area contributed by atoms with Gasteiger partial charge in [0.1, 0.15) is 6.04 Å². The fourth-order valence-corrected chi connectivity index (χ4v) is 3.33. The number of nitrogens with one attached hydrogen (secondary N) is 1. The minimum atomic E-state index is -3.61. The first-order chi connectivity index (χ1) is 8.34. The summed E-state index contributed by atoms with van der Waals surface area (Å²) in [7, 11) is -3.61. The average molecular weight is 273 g/mol. The highest BCUT2D eigenvalue weighted by atomic mass is 32.2. The fourth-order valence-electron chi connectivity index (χ4n) is 1.96. The molecule has 0 radical (unpaired) electrons. The van der Waals surface area contributed by atoms with Crippen molar-refractivity contribution < 1.29 is 18.3 Å². The molecule has 0 saturated carbocycles.